The molecule has 0 radical (unpaired) electrons. The van der Waals surface area contributed by atoms with Gasteiger partial charge in [-0.3, -0.25) is 0 Å². The van der Waals surface area contributed by atoms with Gasteiger partial charge in [-0.15, -0.1) is 0 Å². The monoisotopic (exact) mass is 279 g/mol. The van der Waals surface area contributed by atoms with Crippen LogP contribution in [-0.4, -0.2) is 30.2 Å². The van der Waals surface area contributed by atoms with Gasteiger partial charge in [0, 0.05) is 12.1 Å². The van der Waals surface area contributed by atoms with E-state index in [9.17, 15) is 4.79 Å². The summed E-state index contributed by atoms with van der Waals surface area (Å²) in [5.41, 5.74) is 0.951. The molecule has 0 aliphatic rings. The van der Waals surface area contributed by atoms with Crippen LogP contribution in [0.5, 0.6) is 5.75 Å². The van der Waals surface area contributed by atoms with E-state index in [1.54, 1.807) is 12.0 Å². The molecule has 0 saturated carbocycles. The topological polar surface area (TPSA) is 38.8 Å². The molecule has 0 aliphatic carbocycles. The average Bonchev–Trinajstić information content (AvgIpc) is 2.37. The van der Waals surface area contributed by atoms with Gasteiger partial charge in [-0.2, -0.15) is 0 Å². The van der Waals surface area contributed by atoms with Gasteiger partial charge in [-0.05, 0) is 52.3 Å². The van der Waals surface area contributed by atoms with Gasteiger partial charge in [0.15, 0.2) is 0 Å². The lowest BCUT2D eigenvalue weighted by Crippen LogP contribution is -2.42. The molecule has 1 aromatic carbocycles. The molecule has 0 N–H and O–H groups in total. The highest BCUT2D eigenvalue weighted by molar-refractivity contribution is 5.68. The van der Waals surface area contributed by atoms with E-state index in [1.165, 1.54) is 0 Å². The van der Waals surface area contributed by atoms with Crippen molar-refractivity contribution in [1.29, 1.82) is 0 Å². The van der Waals surface area contributed by atoms with Crippen LogP contribution in [0.3, 0.4) is 0 Å². The zero-order chi connectivity index (χ0) is 15.3. The molecule has 0 fully saturated rings. The number of nitrogens with zero attached hydrogens (tertiary/aromatic N) is 1. The summed E-state index contributed by atoms with van der Waals surface area (Å²) in [6.07, 6.45) is -0.563. The quantitative estimate of drug-likeness (QED) is 0.817. The van der Waals surface area contributed by atoms with Gasteiger partial charge in [-0.25, -0.2) is 4.79 Å². The van der Waals surface area contributed by atoms with Crippen molar-refractivity contribution in [3.63, 3.8) is 0 Å². The highest BCUT2D eigenvalue weighted by Gasteiger charge is 2.23. The number of methoxy groups -OCH3 is 1. The molecule has 0 aromatic heterocycles. The highest BCUT2D eigenvalue weighted by Crippen LogP contribution is 2.22. The van der Waals surface area contributed by atoms with Gasteiger partial charge in [0.05, 0.1) is 7.11 Å². The van der Waals surface area contributed by atoms with Crippen molar-refractivity contribution in [1.82, 2.24) is 4.90 Å². The predicted octanol–water partition coefficient (Wildman–Crippen LogP) is 4.01. The first-order valence-electron chi connectivity index (χ1n) is 6.99. The summed E-state index contributed by atoms with van der Waals surface area (Å²) in [4.78, 5) is 13.9. The van der Waals surface area contributed by atoms with E-state index in [-0.39, 0.29) is 24.3 Å². The number of hydrogen-bond acceptors (Lipinski definition) is 3. The Morgan fingerprint density at radius 1 is 1.00 bits per heavy atom. The Balaban J connectivity index is 2.73. The molecule has 1 atom stereocenters. The fourth-order valence-corrected chi connectivity index (χ4v) is 2.17. The second-order valence-corrected chi connectivity index (χ2v) is 5.39. The third kappa shape index (κ3) is 4.15. The lowest BCUT2D eigenvalue weighted by molar-refractivity contribution is 0.0511. The molecular formula is C16H25NO3. The maximum atomic E-state index is 12.2. The Hall–Kier alpha value is -1.71. The maximum Gasteiger partial charge on any atom is 0.410 e. The summed E-state index contributed by atoms with van der Waals surface area (Å²) in [7, 11) is 1.63. The number of carbonyl (C=O) groups is 1. The summed E-state index contributed by atoms with van der Waals surface area (Å²) in [6.45, 7) is 9.82. The number of ether oxygens (including phenoxy) is 2. The molecule has 0 unspecified atom stereocenters. The third-order valence-corrected chi connectivity index (χ3v) is 3.19. The van der Waals surface area contributed by atoms with Crippen LogP contribution in [0.1, 0.15) is 46.3 Å². The zero-order valence-corrected chi connectivity index (χ0v) is 13.2. The molecule has 0 bridgehead atoms. The standard InChI is InChI=1S/C16H25NO3/c1-11(2)17(12(3)4)16(18)20-13(5)14-7-9-15(19-6)10-8-14/h7-13H,1-6H3/t13-/m0/s1. The number of benzene rings is 1. The number of amides is 1. The number of rotatable bonds is 5. The minimum Gasteiger partial charge on any atom is -0.497 e. The maximum absolute atomic E-state index is 12.2. The van der Waals surface area contributed by atoms with Gasteiger partial charge in [0.1, 0.15) is 11.9 Å². The number of carbonyl (C=O) groups excluding carboxylic acids is 1. The van der Waals surface area contributed by atoms with Crippen LogP contribution in [0.15, 0.2) is 24.3 Å². The van der Waals surface area contributed by atoms with Crippen LogP contribution in [-0.2, 0) is 4.74 Å². The van der Waals surface area contributed by atoms with E-state index >= 15 is 0 Å². The Morgan fingerprint density at radius 2 is 1.50 bits per heavy atom. The smallest absolute Gasteiger partial charge is 0.410 e. The van der Waals surface area contributed by atoms with Crippen LogP contribution in [0.25, 0.3) is 0 Å². The molecule has 0 heterocycles. The second-order valence-electron chi connectivity index (χ2n) is 5.39. The fraction of sp³-hybridized carbons (Fsp3) is 0.562. The second kappa shape index (κ2) is 7.17. The Labute approximate surface area is 121 Å². The Morgan fingerprint density at radius 3 is 1.90 bits per heavy atom. The molecule has 4 heteroatoms. The summed E-state index contributed by atoms with van der Waals surface area (Å²) in [5.74, 6) is 0.790. The molecule has 1 amide bonds. The van der Waals surface area contributed by atoms with Gasteiger partial charge < -0.3 is 14.4 Å². The molecule has 20 heavy (non-hydrogen) atoms. The lowest BCUT2D eigenvalue weighted by atomic mass is 10.1. The molecular weight excluding hydrogens is 254 g/mol. The molecule has 0 saturated heterocycles. The Kier molecular flexibility index (Phi) is 5.86. The van der Waals surface area contributed by atoms with E-state index < -0.39 is 0 Å². The van der Waals surface area contributed by atoms with Gasteiger partial charge in [-0.1, -0.05) is 12.1 Å². The Bertz CT molecular complexity index is 418. The van der Waals surface area contributed by atoms with Crippen LogP contribution in [0.2, 0.25) is 0 Å². The van der Waals surface area contributed by atoms with Crippen molar-refractivity contribution < 1.29 is 14.3 Å². The molecule has 0 aliphatic heterocycles. The number of hydrogen-bond donors (Lipinski definition) is 0. The summed E-state index contributed by atoms with van der Waals surface area (Å²) in [6, 6.07) is 7.78. The van der Waals surface area contributed by atoms with Crippen molar-refractivity contribution in [3.05, 3.63) is 29.8 Å². The first-order valence-corrected chi connectivity index (χ1v) is 6.99. The highest BCUT2D eigenvalue weighted by atomic mass is 16.6. The van der Waals surface area contributed by atoms with Gasteiger partial charge in [0.2, 0.25) is 0 Å². The molecule has 112 valence electrons. The SMILES string of the molecule is COc1ccc([C@H](C)OC(=O)N(C(C)C)C(C)C)cc1. The molecule has 0 spiro atoms. The first kappa shape index (κ1) is 16.3. The van der Waals surface area contributed by atoms with Crippen molar-refractivity contribution in [2.24, 2.45) is 0 Å². The van der Waals surface area contributed by atoms with E-state index in [0.717, 1.165) is 11.3 Å². The van der Waals surface area contributed by atoms with Crippen molar-refractivity contribution in [2.75, 3.05) is 7.11 Å². The van der Waals surface area contributed by atoms with Crippen molar-refractivity contribution in [3.8, 4) is 5.75 Å². The van der Waals surface area contributed by atoms with E-state index in [2.05, 4.69) is 0 Å². The fourth-order valence-electron chi connectivity index (χ4n) is 2.17. The van der Waals surface area contributed by atoms with Gasteiger partial charge in [0.25, 0.3) is 0 Å². The molecule has 1 aromatic rings. The third-order valence-electron chi connectivity index (χ3n) is 3.19. The minimum atomic E-state index is -0.284. The van der Waals surface area contributed by atoms with Crippen LogP contribution >= 0.6 is 0 Å². The molecule has 1 rings (SSSR count). The minimum absolute atomic E-state index is 0.116. The molecule has 4 nitrogen and oxygen atoms in total. The largest absolute Gasteiger partial charge is 0.497 e. The van der Waals surface area contributed by atoms with E-state index in [0.29, 0.717) is 0 Å². The van der Waals surface area contributed by atoms with Crippen molar-refractivity contribution >= 4 is 6.09 Å². The summed E-state index contributed by atoms with van der Waals surface area (Å²) < 4.78 is 10.7. The summed E-state index contributed by atoms with van der Waals surface area (Å²) in [5, 5.41) is 0. The van der Waals surface area contributed by atoms with Gasteiger partial charge >= 0.3 is 6.09 Å². The van der Waals surface area contributed by atoms with E-state index in [4.69, 9.17) is 9.47 Å². The average molecular weight is 279 g/mol. The van der Waals surface area contributed by atoms with E-state index in [1.807, 2.05) is 58.9 Å². The van der Waals surface area contributed by atoms with Crippen LogP contribution in [0.4, 0.5) is 4.79 Å². The predicted molar refractivity (Wildman–Crippen MR) is 80.0 cm³/mol. The van der Waals surface area contributed by atoms with Crippen molar-refractivity contribution in [2.45, 2.75) is 52.8 Å². The van der Waals surface area contributed by atoms with Crippen LogP contribution in [0, 0.1) is 0 Å². The van der Waals surface area contributed by atoms with Crippen LogP contribution < -0.4 is 4.74 Å². The first-order chi connectivity index (χ1) is 9.36. The lowest BCUT2D eigenvalue weighted by Gasteiger charge is -2.31. The normalized spacial score (nSPS) is 12.4. The zero-order valence-electron chi connectivity index (χ0n) is 13.2. The summed E-state index contributed by atoms with van der Waals surface area (Å²) >= 11 is 0.